The van der Waals surface area contributed by atoms with E-state index in [0.29, 0.717) is 63.7 Å². The van der Waals surface area contributed by atoms with Gasteiger partial charge in [-0.05, 0) is 44.4 Å². The molecule has 2 aliphatic heterocycles. The molecule has 0 unspecified atom stereocenters. The summed E-state index contributed by atoms with van der Waals surface area (Å²) in [5.74, 6) is 0.872. The van der Waals surface area contributed by atoms with E-state index >= 15 is 0 Å². The molecule has 1 amide bonds. The van der Waals surface area contributed by atoms with Crippen LogP contribution in [0.3, 0.4) is 0 Å². The molecule has 2 aliphatic rings. The van der Waals surface area contributed by atoms with E-state index in [1.165, 1.54) is 10.4 Å². The molecular formula is C18H28ClN3O5S. The van der Waals surface area contributed by atoms with E-state index in [0.717, 1.165) is 12.8 Å². The Morgan fingerprint density at radius 3 is 2.50 bits per heavy atom. The summed E-state index contributed by atoms with van der Waals surface area (Å²) in [5, 5.41) is 2.91. The number of amides is 1. The molecule has 158 valence electrons. The summed E-state index contributed by atoms with van der Waals surface area (Å²) in [6, 6.07) is 4.68. The average molecular weight is 434 g/mol. The number of nitrogens with one attached hydrogen (secondary N) is 1. The molecule has 10 heteroatoms. The number of fused-ring (bicyclic) bond motifs is 1. The monoisotopic (exact) mass is 433 g/mol. The fourth-order valence-corrected chi connectivity index (χ4v) is 4.80. The Hall–Kier alpha value is -1.55. The minimum Gasteiger partial charge on any atom is -0.486 e. The lowest BCUT2D eigenvalue weighted by Gasteiger charge is -2.30. The highest BCUT2D eigenvalue weighted by molar-refractivity contribution is 7.89. The van der Waals surface area contributed by atoms with Gasteiger partial charge in [0.25, 0.3) is 0 Å². The van der Waals surface area contributed by atoms with E-state index in [1.54, 1.807) is 12.1 Å². The first kappa shape index (κ1) is 22.7. The highest BCUT2D eigenvalue weighted by Crippen LogP contribution is 2.34. The average Bonchev–Trinajstić information content (AvgIpc) is 2.70. The Labute approximate surface area is 172 Å². The molecule has 0 saturated carbocycles. The first-order valence-corrected chi connectivity index (χ1v) is 10.8. The molecule has 0 bridgehead atoms. The van der Waals surface area contributed by atoms with Gasteiger partial charge >= 0.3 is 0 Å². The zero-order chi connectivity index (χ0) is 19.3. The van der Waals surface area contributed by atoms with Crippen LogP contribution in [0.2, 0.25) is 0 Å². The van der Waals surface area contributed by atoms with Crippen LogP contribution in [0, 0.1) is 5.92 Å². The molecule has 1 aromatic rings. The van der Waals surface area contributed by atoms with Crippen LogP contribution in [-0.4, -0.2) is 58.0 Å². The number of carbonyl (C=O) groups excluding carboxylic acids is 1. The van der Waals surface area contributed by atoms with Gasteiger partial charge in [-0.15, -0.1) is 12.4 Å². The summed E-state index contributed by atoms with van der Waals surface area (Å²) in [6.45, 7) is 2.76. The van der Waals surface area contributed by atoms with Crippen molar-refractivity contribution in [3.05, 3.63) is 18.2 Å². The minimum atomic E-state index is -3.62. The van der Waals surface area contributed by atoms with Gasteiger partial charge in [0.15, 0.2) is 11.5 Å². The molecular weight excluding hydrogens is 406 g/mol. The Morgan fingerprint density at radius 2 is 1.82 bits per heavy atom. The van der Waals surface area contributed by atoms with Crippen LogP contribution >= 0.6 is 12.4 Å². The first-order valence-electron chi connectivity index (χ1n) is 9.40. The van der Waals surface area contributed by atoms with Gasteiger partial charge in [-0.3, -0.25) is 4.79 Å². The van der Waals surface area contributed by atoms with Gasteiger partial charge in [0.1, 0.15) is 13.2 Å². The van der Waals surface area contributed by atoms with E-state index in [4.69, 9.17) is 15.2 Å². The topological polar surface area (TPSA) is 111 Å². The Bertz CT molecular complexity index is 766. The number of unbranched alkanes of at least 4 members (excludes halogenated alkanes) is 1. The number of piperidine rings is 1. The van der Waals surface area contributed by atoms with Crippen LogP contribution in [0.15, 0.2) is 23.1 Å². The molecule has 3 N–H and O–H groups in total. The molecule has 28 heavy (non-hydrogen) atoms. The molecule has 8 nitrogen and oxygen atoms in total. The summed E-state index contributed by atoms with van der Waals surface area (Å²) in [7, 11) is -3.62. The van der Waals surface area contributed by atoms with Crippen LogP contribution < -0.4 is 20.5 Å². The van der Waals surface area contributed by atoms with Crippen molar-refractivity contribution >= 4 is 28.3 Å². The smallest absolute Gasteiger partial charge is 0.243 e. The zero-order valence-electron chi connectivity index (χ0n) is 15.8. The van der Waals surface area contributed by atoms with Crippen molar-refractivity contribution in [2.24, 2.45) is 11.7 Å². The third kappa shape index (κ3) is 5.28. The number of nitrogens with zero attached hydrogens (tertiary/aromatic N) is 1. The molecule has 1 saturated heterocycles. The highest BCUT2D eigenvalue weighted by atomic mass is 35.5. The summed E-state index contributed by atoms with van der Waals surface area (Å²) in [4.78, 5) is 12.4. The van der Waals surface area contributed by atoms with Gasteiger partial charge in [-0.25, -0.2) is 8.42 Å². The molecule has 0 aliphatic carbocycles. The van der Waals surface area contributed by atoms with Gasteiger partial charge in [0.05, 0.1) is 4.90 Å². The normalized spacial score (nSPS) is 17.6. The van der Waals surface area contributed by atoms with Crippen LogP contribution in [0.1, 0.15) is 25.7 Å². The van der Waals surface area contributed by atoms with Crippen LogP contribution in [0.5, 0.6) is 11.5 Å². The molecule has 0 aromatic heterocycles. The van der Waals surface area contributed by atoms with Gasteiger partial charge < -0.3 is 20.5 Å². The molecule has 0 atom stereocenters. The van der Waals surface area contributed by atoms with E-state index in [1.807, 2.05) is 0 Å². The van der Waals surface area contributed by atoms with Crippen molar-refractivity contribution in [3.63, 3.8) is 0 Å². The highest BCUT2D eigenvalue weighted by Gasteiger charge is 2.32. The van der Waals surface area contributed by atoms with Crippen molar-refractivity contribution < 1.29 is 22.7 Å². The standard InChI is InChI=1S/C18H27N3O5S.ClH/c19-7-1-2-8-20-18(22)14-5-9-21(10-6-14)27(23,24)15-3-4-16-17(13-15)26-12-11-25-16;/h3-4,13-14H,1-2,5-12,19H2,(H,20,22);1H. The number of halogens is 1. The Kier molecular flexibility index (Phi) is 8.36. The lowest BCUT2D eigenvalue weighted by molar-refractivity contribution is -0.126. The van der Waals surface area contributed by atoms with E-state index in [-0.39, 0.29) is 29.1 Å². The fraction of sp³-hybridized carbons (Fsp3) is 0.611. The number of benzene rings is 1. The van der Waals surface area contributed by atoms with Crippen LogP contribution in [0.25, 0.3) is 0 Å². The van der Waals surface area contributed by atoms with E-state index in [9.17, 15) is 13.2 Å². The molecule has 3 rings (SSSR count). The quantitative estimate of drug-likeness (QED) is 0.623. The number of hydrogen-bond acceptors (Lipinski definition) is 6. The molecule has 2 heterocycles. The predicted octanol–water partition coefficient (Wildman–Crippen LogP) is 1.14. The summed E-state index contributed by atoms with van der Waals surface area (Å²) >= 11 is 0. The van der Waals surface area contributed by atoms with Gasteiger partial charge in [-0.1, -0.05) is 0 Å². The SMILES string of the molecule is Cl.NCCCCNC(=O)C1CCN(S(=O)(=O)c2ccc3c(c2)OCCO3)CC1. The van der Waals surface area contributed by atoms with Crippen LogP contribution in [-0.2, 0) is 14.8 Å². The number of hydrogen-bond donors (Lipinski definition) is 2. The van der Waals surface area contributed by atoms with Crippen molar-refractivity contribution in [2.75, 3.05) is 39.4 Å². The third-order valence-electron chi connectivity index (χ3n) is 4.91. The van der Waals surface area contributed by atoms with E-state index < -0.39 is 10.0 Å². The van der Waals surface area contributed by atoms with Crippen LogP contribution in [0.4, 0.5) is 0 Å². The fourth-order valence-electron chi connectivity index (χ4n) is 3.32. The number of carbonyl (C=O) groups is 1. The number of rotatable bonds is 7. The molecule has 0 spiro atoms. The first-order chi connectivity index (χ1) is 13.0. The lowest BCUT2D eigenvalue weighted by atomic mass is 9.97. The maximum atomic E-state index is 12.9. The molecule has 0 radical (unpaired) electrons. The minimum absolute atomic E-state index is 0. The summed E-state index contributed by atoms with van der Waals surface area (Å²) < 4.78 is 38.2. The van der Waals surface area contributed by atoms with Gasteiger partial charge in [0.2, 0.25) is 15.9 Å². The maximum Gasteiger partial charge on any atom is 0.243 e. The summed E-state index contributed by atoms with van der Waals surface area (Å²) in [5.41, 5.74) is 5.44. The second-order valence-electron chi connectivity index (χ2n) is 6.77. The second kappa shape index (κ2) is 10.3. The lowest BCUT2D eigenvalue weighted by Crippen LogP contribution is -2.43. The Morgan fingerprint density at radius 1 is 1.14 bits per heavy atom. The van der Waals surface area contributed by atoms with Crippen molar-refractivity contribution in [3.8, 4) is 11.5 Å². The third-order valence-corrected chi connectivity index (χ3v) is 6.80. The predicted molar refractivity (Wildman–Crippen MR) is 107 cm³/mol. The van der Waals surface area contributed by atoms with Gasteiger partial charge in [0, 0.05) is 31.6 Å². The van der Waals surface area contributed by atoms with Crippen molar-refractivity contribution in [2.45, 2.75) is 30.6 Å². The van der Waals surface area contributed by atoms with Gasteiger partial charge in [-0.2, -0.15) is 4.31 Å². The van der Waals surface area contributed by atoms with Crippen molar-refractivity contribution in [1.29, 1.82) is 0 Å². The number of ether oxygens (including phenoxy) is 2. The molecule has 1 aromatic carbocycles. The van der Waals surface area contributed by atoms with Crippen molar-refractivity contribution in [1.82, 2.24) is 9.62 Å². The number of sulfonamides is 1. The maximum absolute atomic E-state index is 12.9. The number of nitrogens with two attached hydrogens (primary N) is 1. The molecule has 1 fully saturated rings. The second-order valence-corrected chi connectivity index (χ2v) is 8.71. The van der Waals surface area contributed by atoms with E-state index in [2.05, 4.69) is 5.32 Å². The Balaban J connectivity index is 0.00000280. The largest absolute Gasteiger partial charge is 0.486 e. The summed E-state index contributed by atoms with van der Waals surface area (Å²) in [6.07, 6.45) is 2.78. The zero-order valence-corrected chi connectivity index (χ0v) is 17.4.